The first-order valence-corrected chi connectivity index (χ1v) is 10.6. The standard InChI is InChI=1S/C18H16ClF3N2O4S/c1-29(26,27)24-10-16(28-15-6-5-13(19)8-14(15)24)17(25)23-9-11-3-2-4-12(7-11)18(20,21)22/h2-8,16H,9-10H2,1H3,(H,23,25)/t16-/m1/s1. The molecular weight excluding hydrogens is 433 g/mol. The summed E-state index contributed by atoms with van der Waals surface area (Å²) in [6, 6.07) is 8.90. The van der Waals surface area contributed by atoms with Crippen molar-refractivity contribution in [1.82, 2.24) is 5.32 Å². The van der Waals surface area contributed by atoms with E-state index < -0.39 is 33.8 Å². The number of amides is 1. The predicted molar refractivity (Wildman–Crippen MR) is 101 cm³/mol. The van der Waals surface area contributed by atoms with Crippen LogP contribution in [-0.4, -0.2) is 33.2 Å². The molecule has 1 aliphatic heterocycles. The molecule has 1 atom stereocenters. The van der Waals surface area contributed by atoms with Gasteiger partial charge in [0.25, 0.3) is 5.91 Å². The third-order valence-corrected chi connectivity index (χ3v) is 5.59. The van der Waals surface area contributed by atoms with Crippen LogP contribution in [0.2, 0.25) is 5.02 Å². The zero-order valence-corrected chi connectivity index (χ0v) is 16.6. The molecule has 11 heteroatoms. The minimum Gasteiger partial charge on any atom is -0.476 e. The molecule has 0 spiro atoms. The van der Waals surface area contributed by atoms with E-state index in [-0.39, 0.29) is 30.1 Å². The van der Waals surface area contributed by atoms with E-state index in [1.807, 2.05) is 0 Å². The second kappa shape index (κ2) is 7.75. The summed E-state index contributed by atoms with van der Waals surface area (Å²) in [5.41, 5.74) is -0.370. The molecule has 0 bridgehead atoms. The highest BCUT2D eigenvalue weighted by Gasteiger charge is 2.35. The molecule has 6 nitrogen and oxygen atoms in total. The molecule has 0 unspecified atom stereocenters. The number of halogens is 4. The lowest BCUT2D eigenvalue weighted by Crippen LogP contribution is -2.50. The smallest absolute Gasteiger partial charge is 0.416 e. The van der Waals surface area contributed by atoms with Crippen LogP contribution in [0.25, 0.3) is 0 Å². The Balaban J connectivity index is 1.76. The van der Waals surface area contributed by atoms with E-state index >= 15 is 0 Å². The van der Waals surface area contributed by atoms with Crippen molar-refractivity contribution in [3.63, 3.8) is 0 Å². The predicted octanol–water partition coefficient (Wildman–Crippen LogP) is 3.20. The van der Waals surface area contributed by atoms with Gasteiger partial charge >= 0.3 is 6.18 Å². The molecule has 156 valence electrons. The summed E-state index contributed by atoms with van der Waals surface area (Å²) in [7, 11) is -3.72. The molecule has 0 aromatic heterocycles. The first-order chi connectivity index (χ1) is 13.4. The number of rotatable bonds is 4. The van der Waals surface area contributed by atoms with Gasteiger partial charge < -0.3 is 10.1 Å². The Morgan fingerprint density at radius 1 is 1.28 bits per heavy atom. The summed E-state index contributed by atoms with van der Waals surface area (Å²) in [5.74, 6) is -0.498. The number of nitrogens with one attached hydrogen (secondary N) is 1. The van der Waals surface area contributed by atoms with Crippen molar-refractivity contribution in [1.29, 1.82) is 0 Å². The van der Waals surface area contributed by atoms with Gasteiger partial charge in [-0.05, 0) is 35.9 Å². The quantitative estimate of drug-likeness (QED) is 0.779. The monoisotopic (exact) mass is 448 g/mol. The number of hydrogen-bond donors (Lipinski definition) is 1. The van der Waals surface area contributed by atoms with Crippen molar-refractivity contribution in [2.24, 2.45) is 0 Å². The number of anilines is 1. The van der Waals surface area contributed by atoms with Crippen molar-refractivity contribution in [3.05, 3.63) is 58.6 Å². The number of hydrogen-bond acceptors (Lipinski definition) is 4. The maximum atomic E-state index is 12.8. The van der Waals surface area contributed by atoms with Crippen molar-refractivity contribution in [2.75, 3.05) is 17.1 Å². The van der Waals surface area contributed by atoms with Crippen molar-refractivity contribution >= 4 is 33.2 Å². The molecule has 2 aromatic carbocycles. The largest absolute Gasteiger partial charge is 0.476 e. The van der Waals surface area contributed by atoms with Crippen LogP contribution in [0, 0.1) is 0 Å². The summed E-state index contributed by atoms with van der Waals surface area (Å²) >= 11 is 5.92. The molecule has 3 rings (SSSR count). The zero-order valence-electron chi connectivity index (χ0n) is 15.0. The molecule has 1 amide bonds. The van der Waals surface area contributed by atoms with E-state index in [1.165, 1.54) is 30.3 Å². The summed E-state index contributed by atoms with van der Waals surface area (Å²) in [6.45, 7) is -0.463. The Kier molecular flexibility index (Phi) is 5.68. The van der Waals surface area contributed by atoms with Gasteiger partial charge in [0.05, 0.1) is 24.1 Å². The van der Waals surface area contributed by atoms with Gasteiger partial charge in [0.1, 0.15) is 5.75 Å². The summed E-state index contributed by atoms with van der Waals surface area (Å²) in [4.78, 5) is 12.5. The number of fused-ring (bicyclic) bond motifs is 1. The lowest BCUT2D eigenvalue weighted by Gasteiger charge is -2.34. The Labute approximate surface area is 170 Å². The first-order valence-electron chi connectivity index (χ1n) is 8.33. The van der Waals surface area contributed by atoms with Crippen LogP contribution in [0.3, 0.4) is 0 Å². The molecule has 29 heavy (non-hydrogen) atoms. The van der Waals surface area contributed by atoms with Crippen molar-refractivity contribution < 1.29 is 31.1 Å². The van der Waals surface area contributed by atoms with E-state index in [0.29, 0.717) is 5.02 Å². The van der Waals surface area contributed by atoms with Crippen LogP contribution in [0.4, 0.5) is 18.9 Å². The minimum absolute atomic E-state index is 0.158. The van der Waals surface area contributed by atoms with Gasteiger partial charge in [0.15, 0.2) is 6.10 Å². The fraction of sp³-hybridized carbons (Fsp3) is 0.278. The third kappa shape index (κ3) is 4.94. The molecule has 1 aliphatic rings. The number of ether oxygens (including phenoxy) is 1. The van der Waals surface area contributed by atoms with Gasteiger partial charge in [-0.3, -0.25) is 9.10 Å². The SMILES string of the molecule is CS(=O)(=O)N1C[C@H](C(=O)NCc2cccc(C(F)(F)F)c2)Oc2ccc(Cl)cc21. The van der Waals surface area contributed by atoms with E-state index in [2.05, 4.69) is 5.32 Å². The molecule has 1 N–H and O–H groups in total. The molecule has 0 saturated heterocycles. The van der Waals surface area contributed by atoms with E-state index in [9.17, 15) is 26.4 Å². The fourth-order valence-electron chi connectivity index (χ4n) is 2.84. The Bertz CT molecular complexity index is 1040. The number of alkyl halides is 3. The molecule has 0 aliphatic carbocycles. The van der Waals surface area contributed by atoms with E-state index in [0.717, 1.165) is 22.7 Å². The second-order valence-electron chi connectivity index (χ2n) is 6.43. The number of benzene rings is 2. The number of nitrogens with zero attached hydrogens (tertiary/aromatic N) is 1. The number of carbonyl (C=O) groups is 1. The maximum Gasteiger partial charge on any atom is 0.416 e. The Morgan fingerprint density at radius 2 is 2.00 bits per heavy atom. The van der Waals surface area contributed by atoms with Gasteiger partial charge in [-0.15, -0.1) is 0 Å². The van der Waals surface area contributed by atoms with Crippen LogP contribution in [-0.2, 0) is 27.5 Å². The summed E-state index contributed by atoms with van der Waals surface area (Å²) < 4.78 is 69.3. The molecule has 1 heterocycles. The molecule has 2 aromatic rings. The average molecular weight is 449 g/mol. The van der Waals surface area contributed by atoms with Crippen LogP contribution in [0.5, 0.6) is 5.75 Å². The molecule has 0 saturated carbocycles. The molecular formula is C18H16ClF3N2O4S. The number of carbonyl (C=O) groups excluding carboxylic acids is 1. The summed E-state index contributed by atoms with van der Waals surface area (Å²) in [6.07, 6.45) is -4.68. The van der Waals surface area contributed by atoms with Gasteiger partial charge in [0.2, 0.25) is 10.0 Å². The normalized spacial score (nSPS) is 16.7. The Hall–Kier alpha value is -2.46. The van der Waals surface area contributed by atoms with Crippen molar-refractivity contribution in [3.8, 4) is 5.75 Å². The van der Waals surface area contributed by atoms with Crippen LogP contribution in [0.1, 0.15) is 11.1 Å². The highest BCUT2D eigenvalue weighted by atomic mass is 35.5. The lowest BCUT2D eigenvalue weighted by atomic mass is 10.1. The van der Waals surface area contributed by atoms with Crippen LogP contribution >= 0.6 is 11.6 Å². The van der Waals surface area contributed by atoms with E-state index in [1.54, 1.807) is 0 Å². The lowest BCUT2D eigenvalue weighted by molar-refractivity contribution is -0.137. The topological polar surface area (TPSA) is 75.7 Å². The van der Waals surface area contributed by atoms with Gasteiger partial charge in [-0.2, -0.15) is 13.2 Å². The summed E-state index contributed by atoms with van der Waals surface area (Å²) in [5, 5.41) is 2.78. The molecule has 0 fully saturated rings. The van der Waals surface area contributed by atoms with Gasteiger partial charge in [0, 0.05) is 11.6 Å². The first kappa shape index (κ1) is 21.3. The average Bonchev–Trinajstić information content (AvgIpc) is 2.64. The number of sulfonamides is 1. The highest BCUT2D eigenvalue weighted by molar-refractivity contribution is 7.92. The van der Waals surface area contributed by atoms with Gasteiger partial charge in [-0.25, -0.2) is 8.42 Å². The fourth-order valence-corrected chi connectivity index (χ4v) is 3.91. The van der Waals surface area contributed by atoms with E-state index in [4.69, 9.17) is 16.3 Å². The van der Waals surface area contributed by atoms with Crippen LogP contribution in [0.15, 0.2) is 42.5 Å². The molecule has 0 radical (unpaired) electrons. The van der Waals surface area contributed by atoms with Crippen molar-refractivity contribution in [2.45, 2.75) is 18.8 Å². The van der Waals surface area contributed by atoms with Crippen LogP contribution < -0.4 is 14.4 Å². The minimum atomic E-state index is -4.49. The van der Waals surface area contributed by atoms with Gasteiger partial charge in [-0.1, -0.05) is 23.7 Å². The third-order valence-electron chi connectivity index (χ3n) is 4.20. The Morgan fingerprint density at radius 3 is 2.66 bits per heavy atom. The maximum absolute atomic E-state index is 12.8. The zero-order chi connectivity index (χ0) is 21.4. The highest BCUT2D eigenvalue weighted by Crippen LogP contribution is 2.37. The second-order valence-corrected chi connectivity index (χ2v) is 8.77.